The summed E-state index contributed by atoms with van der Waals surface area (Å²) in [4.78, 5) is 47.7. The van der Waals surface area contributed by atoms with Gasteiger partial charge in [0.1, 0.15) is 0 Å². The van der Waals surface area contributed by atoms with Crippen LogP contribution in [0.1, 0.15) is 62.3 Å². The van der Waals surface area contributed by atoms with Gasteiger partial charge in [-0.2, -0.15) is 0 Å². The number of amides is 2. The molecular formula is C22H32N2O6. The fraction of sp³-hybridized carbons (Fsp3) is 0.545. The molecule has 2 amide bonds. The molecule has 166 valence electrons. The third-order valence-electron chi connectivity index (χ3n) is 4.80. The molecule has 1 aromatic rings. The van der Waals surface area contributed by atoms with Crippen molar-refractivity contribution in [1.29, 1.82) is 0 Å². The van der Waals surface area contributed by atoms with E-state index in [1.54, 1.807) is 0 Å². The zero-order chi connectivity index (χ0) is 22.8. The second kappa shape index (κ2) is 11.9. The Hall–Kier alpha value is -2.90. The zero-order valence-corrected chi connectivity index (χ0v) is 18.5. The number of rotatable bonds is 10. The molecule has 0 aliphatic heterocycles. The second-order valence-electron chi connectivity index (χ2n) is 7.93. The van der Waals surface area contributed by atoms with Crippen LogP contribution in [0.2, 0.25) is 0 Å². The van der Waals surface area contributed by atoms with E-state index in [4.69, 9.17) is 9.47 Å². The molecule has 0 spiro atoms. The van der Waals surface area contributed by atoms with Gasteiger partial charge in [-0.3, -0.25) is 9.59 Å². The van der Waals surface area contributed by atoms with Crippen LogP contribution in [0.5, 0.6) is 0 Å². The summed E-state index contributed by atoms with van der Waals surface area (Å²) in [6.45, 7) is 10.9. The Morgan fingerprint density at radius 1 is 0.667 bits per heavy atom. The molecule has 2 N–H and O–H groups in total. The summed E-state index contributed by atoms with van der Waals surface area (Å²) in [6.07, 6.45) is 0. The molecule has 0 saturated heterocycles. The molecule has 0 aliphatic carbocycles. The first kappa shape index (κ1) is 25.1. The highest BCUT2D eigenvalue weighted by molar-refractivity contribution is 5.94. The van der Waals surface area contributed by atoms with Crippen LogP contribution in [0.4, 0.5) is 0 Å². The molecule has 0 bridgehead atoms. The molecule has 1 aromatic carbocycles. The Balaban J connectivity index is 2.50. The van der Waals surface area contributed by atoms with Crippen LogP contribution in [0.3, 0.4) is 0 Å². The summed E-state index contributed by atoms with van der Waals surface area (Å²) in [5.41, 5.74) is 0.388. The standard InChI is InChI=1S/C22H32N2O6/c1-13(2)15(5)23-19(25)11-29-21(27)17-7-9-18(10-8-17)22(28)30-12-20(26)24-16(6)14(3)4/h7-10,13-16H,11-12H2,1-6H3,(H,23,25)(H,24,26)/t15-,16-/m1/s1. The van der Waals surface area contributed by atoms with Crippen LogP contribution < -0.4 is 10.6 Å². The van der Waals surface area contributed by atoms with Gasteiger partial charge in [-0.25, -0.2) is 9.59 Å². The van der Waals surface area contributed by atoms with Crippen molar-refractivity contribution < 1.29 is 28.7 Å². The van der Waals surface area contributed by atoms with E-state index < -0.39 is 11.9 Å². The van der Waals surface area contributed by atoms with Gasteiger partial charge in [0.05, 0.1) is 11.1 Å². The van der Waals surface area contributed by atoms with E-state index in [0.717, 1.165) is 0 Å². The number of ether oxygens (including phenoxy) is 2. The van der Waals surface area contributed by atoms with Crippen LogP contribution >= 0.6 is 0 Å². The van der Waals surface area contributed by atoms with Gasteiger partial charge in [-0.05, 0) is 49.9 Å². The average Bonchev–Trinajstić information content (AvgIpc) is 2.70. The molecule has 8 nitrogen and oxygen atoms in total. The molecule has 0 aromatic heterocycles. The predicted molar refractivity (Wildman–Crippen MR) is 112 cm³/mol. The smallest absolute Gasteiger partial charge is 0.338 e. The molecule has 0 fully saturated rings. The van der Waals surface area contributed by atoms with Gasteiger partial charge in [-0.15, -0.1) is 0 Å². The normalized spacial score (nSPS) is 12.8. The minimum atomic E-state index is -0.677. The summed E-state index contributed by atoms with van der Waals surface area (Å²) in [6, 6.07) is 5.53. The van der Waals surface area contributed by atoms with Crippen LogP contribution in [-0.4, -0.2) is 49.1 Å². The summed E-state index contributed by atoms with van der Waals surface area (Å²) < 4.78 is 9.97. The topological polar surface area (TPSA) is 111 Å². The lowest BCUT2D eigenvalue weighted by atomic mass is 10.1. The fourth-order valence-electron chi connectivity index (χ4n) is 2.10. The molecule has 0 radical (unpaired) electrons. The van der Waals surface area contributed by atoms with Crippen molar-refractivity contribution in [2.45, 2.75) is 53.6 Å². The quantitative estimate of drug-likeness (QED) is 0.562. The average molecular weight is 421 g/mol. The maximum atomic E-state index is 12.1. The number of carbonyl (C=O) groups is 4. The van der Waals surface area contributed by atoms with E-state index in [1.165, 1.54) is 24.3 Å². The van der Waals surface area contributed by atoms with Gasteiger partial charge >= 0.3 is 11.9 Å². The molecule has 0 heterocycles. The summed E-state index contributed by atoms with van der Waals surface area (Å²) in [7, 11) is 0. The van der Waals surface area contributed by atoms with E-state index in [0.29, 0.717) is 0 Å². The number of nitrogens with one attached hydrogen (secondary N) is 2. The Morgan fingerprint density at radius 3 is 1.23 bits per heavy atom. The minimum absolute atomic E-state index is 0.0304. The molecule has 0 unspecified atom stereocenters. The van der Waals surface area contributed by atoms with Crippen molar-refractivity contribution in [2.24, 2.45) is 11.8 Å². The number of benzene rings is 1. The summed E-state index contributed by atoms with van der Waals surface area (Å²) in [5.74, 6) is -1.58. The number of hydrogen-bond acceptors (Lipinski definition) is 6. The van der Waals surface area contributed by atoms with Gasteiger partial charge < -0.3 is 20.1 Å². The fourth-order valence-corrected chi connectivity index (χ4v) is 2.10. The van der Waals surface area contributed by atoms with Gasteiger partial charge in [0.2, 0.25) is 0 Å². The molecule has 2 atom stereocenters. The maximum Gasteiger partial charge on any atom is 0.338 e. The lowest BCUT2D eigenvalue weighted by Crippen LogP contribution is -2.38. The SMILES string of the molecule is CC(C)[C@@H](C)NC(=O)COC(=O)c1ccc(C(=O)OCC(=O)N[C@H](C)C(C)C)cc1. The van der Waals surface area contributed by atoms with Crippen LogP contribution in [0.25, 0.3) is 0 Å². The molecule has 8 heteroatoms. The lowest BCUT2D eigenvalue weighted by Gasteiger charge is -2.17. The maximum absolute atomic E-state index is 12.1. The van der Waals surface area contributed by atoms with Gasteiger partial charge in [0.15, 0.2) is 13.2 Å². The van der Waals surface area contributed by atoms with Gasteiger partial charge in [-0.1, -0.05) is 27.7 Å². The summed E-state index contributed by atoms with van der Waals surface area (Å²) in [5, 5.41) is 5.48. The Bertz CT molecular complexity index is 679. The molecule has 1 rings (SSSR count). The van der Waals surface area contributed by atoms with Crippen molar-refractivity contribution in [3.05, 3.63) is 35.4 Å². The monoisotopic (exact) mass is 420 g/mol. The minimum Gasteiger partial charge on any atom is -0.452 e. The largest absolute Gasteiger partial charge is 0.452 e. The van der Waals surface area contributed by atoms with E-state index in [1.807, 2.05) is 41.5 Å². The van der Waals surface area contributed by atoms with Crippen LogP contribution in [0.15, 0.2) is 24.3 Å². The summed E-state index contributed by atoms with van der Waals surface area (Å²) >= 11 is 0. The van der Waals surface area contributed by atoms with Crippen LogP contribution in [0, 0.1) is 11.8 Å². The first-order valence-corrected chi connectivity index (χ1v) is 10.0. The Kier molecular flexibility index (Phi) is 10.0. The highest BCUT2D eigenvalue weighted by Gasteiger charge is 2.16. The Labute approximate surface area is 177 Å². The first-order valence-electron chi connectivity index (χ1n) is 10.0. The molecular weight excluding hydrogens is 388 g/mol. The lowest BCUT2D eigenvalue weighted by molar-refractivity contribution is -0.125. The van der Waals surface area contributed by atoms with Crippen molar-refractivity contribution in [3.63, 3.8) is 0 Å². The second-order valence-corrected chi connectivity index (χ2v) is 7.93. The molecule has 30 heavy (non-hydrogen) atoms. The van der Waals surface area contributed by atoms with Crippen molar-refractivity contribution in [1.82, 2.24) is 10.6 Å². The van der Waals surface area contributed by atoms with E-state index in [2.05, 4.69) is 10.6 Å². The van der Waals surface area contributed by atoms with Gasteiger partial charge in [0.25, 0.3) is 11.8 Å². The van der Waals surface area contributed by atoms with E-state index in [-0.39, 0.29) is 60.1 Å². The first-order chi connectivity index (χ1) is 14.0. The number of hydrogen-bond donors (Lipinski definition) is 2. The third kappa shape index (κ3) is 8.63. The predicted octanol–water partition coefficient (Wildman–Crippen LogP) is 2.32. The molecule has 0 saturated carbocycles. The van der Waals surface area contributed by atoms with Crippen molar-refractivity contribution >= 4 is 23.8 Å². The number of esters is 2. The highest BCUT2D eigenvalue weighted by Crippen LogP contribution is 2.08. The third-order valence-corrected chi connectivity index (χ3v) is 4.80. The van der Waals surface area contributed by atoms with E-state index >= 15 is 0 Å². The molecule has 0 aliphatic rings. The Morgan fingerprint density at radius 2 is 0.967 bits per heavy atom. The van der Waals surface area contributed by atoms with Crippen molar-refractivity contribution in [3.8, 4) is 0 Å². The highest BCUT2D eigenvalue weighted by atomic mass is 16.5. The van der Waals surface area contributed by atoms with E-state index in [9.17, 15) is 19.2 Å². The number of carbonyl (C=O) groups excluding carboxylic acids is 4. The van der Waals surface area contributed by atoms with Crippen LogP contribution in [-0.2, 0) is 19.1 Å². The van der Waals surface area contributed by atoms with Gasteiger partial charge in [0, 0.05) is 12.1 Å². The van der Waals surface area contributed by atoms with Crippen molar-refractivity contribution in [2.75, 3.05) is 13.2 Å². The zero-order valence-electron chi connectivity index (χ0n) is 18.5.